The molecule has 0 amide bonds. The van der Waals surface area contributed by atoms with Crippen molar-refractivity contribution in [2.45, 2.75) is 24.9 Å². The van der Waals surface area contributed by atoms with Crippen molar-refractivity contribution in [1.82, 2.24) is 0 Å². The highest BCUT2D eigenvalue weighted by molar-refractivity contribution is 5.39. The number of nitrogens with two attached hydrogens (primary N) is 1. The summed E-state index contributed by atoms with van der Waals surface area (Å²) in [6.07, 6.45) is 1.83. The highest BCUT2D eigenvalue weighted by Crippen LogP contribution is 2.27. The molecular formula is C12H16FNO. The van der Waals surface area contributed by atoms with Crippen LogP contribution in [-0.2, 0) is 11.2 Å². The molecule has 3 heteroatoms. The van der Waals surface area contributed by atoms with E-state index in [2.05, 4.69) is 0 Å². The number of benzene rings is 1. The second-order valence-electron chi connectivity index (χ2n) is 4.23. The second kappa shape index (κ2) is 4.19. The molecule has 1 unspecified atom stereocenters. The van der Waals surface area contributed by atoms with Crippen LogP contribution in [0.5, 0.6) is 0 Å². The monoisotopic (exact) mass is 209 g/mol. The lowest BCUT2D eigenvalue weighted by molar-refractivity contribution is -0.0308. The van der Waals surface area contributed by atoms with E-state index in [-0.39, 0.29) is 6.61 Å². The highest BCUT2D eigenvalue weighted by atomic mass is 19.1. The van der Waals surface area contributed by atoms with Crippen LogP contribution in [0.4, 0.5) is 10.1 Å². The van der Waals surface area contributed by atoms with Crippen LogP contribution in [0.1, 0.15) is 18.4 Å². The number of halogens is 1. The van der Waals surface area contributed by atoms with E-state index < -0.39 is 5.67 Å². The average molecular weight is 209 g/mol. The fraction of sp³-hybridized carbons (Fsp3) is 0.500. The summed E-state index contributed by atoms with van der Waals surface area (Å²) in [7, 11) is 0. The molecule has 0 saturated carbocycles. The summed E-state index contributed by atoms with van der Waals surface area (Å²) in [6.45, 7) is 0.908. The van der Waals surface area contributed by atoms with Crippen LogP contribution in [0.25, 0.3) is 0 Å². The maximum Gasteiger partial charge on any atom is 0.138 e. The largest absolute Gasteiger partial charge is 0.399 e. The first-order valence-electron chi connectivity index (χ1n) is 5.29. The number of alkyl halides is 1. The first kappa shape index (κ1) is 10.4. The van der Waals surface area contributed by atoms with Gasteiger partial charge in [0, 0.05) is 18.7 Å². The third kappa shape index (κ3) is 2.69. The fourth-order valence-corrected chi connectivity index (χ4v) is 1.96. The molecule has 1 fully saturated rings. The second-order valence-corrected chi connectivity index (χ2v) is 4.23. The van der Waals surface area contributed by atoms with E-state index in [1.54, 1.807) is 0 Å². The Labute approximate surface area is 89.2 Å². The molecule has 1 saturated heterocycles. The molecule has 0 radical (unpaired) electrons. The maximum absolute atomic E-state index is 14.2. The smallest absolute Gasteiger partial charge is 0.138 e. The Hall–Kier alpha value is -1.09. The van der Waals surface area contributed by atoms with E-state index in [1.807, 2.05) is 24.3 Å². The Balaban J connectivity index is 2.03. The molecule has 0 aromatic heterocycles. The first-order valence-corrected chi connectivity index (χ1v) is 5.29. The van der Waals surface area contributed by atoms with Gasteiger partial charge < -0.3 is 10.5 Å². The molecule has 1 aliphatic heterocycles. The van der Waals surface area contributed by atoms with Crippen LogP contribution in [-0.4, -0.2) is 18.9 Å². The van der Waals surface area contributed by atoms with Crippen LogP contribution in [0.3, 0.4) is 0 Å². The van der Waals surface area contributed by atoms with Gasteiger partial charge in [0.1, 0.15) is 5.67 Å². The van der Waals surface area contributed by atoms with Crippen LogP contribution in [0, 0.1) is 0 Å². The normalized spacial score (nSPS) is 26.5. The Morgan fingerprint density at radius 1 is 1.33 bits per heavy atom. The lowest BCUT2D eigenvalue weighted by Gasteiger charge is -2.29. The zero-order chi connectivity index (χ0) is 10.7. The number of hydrogen-bond acceptors (Lipinski definition) is 2. The number of nitrogen functional groups attached to an aromatic ring is 1. The number of anilines is 1. The molecule has 2 N–H and O–H groups in total. The SMILES string of the molecule is Nc1ccc(CC2(F)CCCOC2)cc1. The van der Waals surface area contributed by atoms with Gasteiger partial charge in [-0.25, -0.2) is 4.39 Å². The Bertz CT molecular complexity index is 317. The van der Waals surface area contributed by atoms with Gasteiger partial charge in [0.25, 0.3) is 0 Å². The quantitative estimate of drug-likeness (QED) is 0.759. The molecule has 2 rings (SSSR count). The molecule has 0 aliphatic carbocycles. The van der Waals surface area contributed by atoms with Crippen molar-refractivity contribution < 1.29 is 9.13 Å². The molecule has 1 heterocycles. The van der Waals surface area contributed by atoms with Crippen molar-refractivity contribution in [2.75, 3.05) is 18.9 Å². The summed E-state index contributed by atoms with van der Waals surface area (Å²) in [4.78, 5) is 0. The van der Waals surface area contributed by atoms with Crippen LogP contribution in [0.15, 0.2) is 24.3 Å². The van der Waals surface area contributed by atoms with Crippen molar-refractivity contribution in [1.29, 1.82) is 0 Å². The van der Waals surface area contributed by atoms with Gasteiger partial charge in [0.2, 0.25) is 0 Å². The average Bonchev–Trinajstić information content (AvgIpc) is 2.22. The zero-order valence-corrected chi connectivity index (χ0v) is 8.71. The van der Waals surface area contributed by atoms with Gasteiger partial charge in [-0.2, -0.15) is 0 Å². The minimum Gasteiger partial charge on any atom is -0.399 e. The van der Waals surface area contributed by atoms with Gasteiger partial charge in [-0.15, -0.1) is 0 Å². The van der Waals surface area contributed by atoms with E-state index in [0.717, 1.165) is 12.0 Å². The molecule has 1 aliphatic rings. The molecule has 1 aromatic rings. The summed E-state index contributed by atoms with van der Waals surface area (Å²) in [6, 6.07) is 7.38. The van der Waals surface area contributed by atoms with Crippen molar-refractivity contribution in [3.05, 3.63) is 29.8 Å². The standard InChI is InChI=1S/C12H16FNO/c13-12(6-1-7-15-9-12)8-10-2-4-11(14)5-3-10/h2-5H,1,6-9,14H2. The van der Waals surface area contributed by atoms with Gasteiger partial charge in [0.05, 0.1) is 6.61 Å². The van der Waals surface area contributed by atoms with E-state index in [9.17, 15) is 4.39 Å². The van der Waals surface area contributed by atoms with E-state index >= 15 is 0 Å². The molecular weight excluding hydrogens is 193 g/mol. The highest BCUT2D eigenvalue weighted by Gasteiger charge is 2.32. The van der Waals surface area contributed by atoms with Gasteiger partial charge in [-0.05, 0) is 30.5 Å². The molecule has 0 bridgehead atoms. The lowest BCUT2D eigenvalue weighted by atomic mass is 9.91. The third-order valence-corrected chi connectivity index (χ3v) is 2.77. The van der Waals surface area contributed by atoms with Crippen LogP contribution < -0.4 is 5.73 Å². The molecule has 82 valence electrons. The van der Waals surface area contributed by atoms with Crippen molar-refractivity contribution in [3.63, 3.8) is 0 Å². The summed E-state index contributed by atoms with van der Waals surface area (Å²) in [5, 5.41) is 0. The summed E-state index contributed by atoms with van der Waals surface area (Å²) < 4.78 is 19.4. The van der Waals surface area contributed by atoms with E-state index in [1.165, 1.54) is 0 Å². The predicted molar refractivity (Wildman–Crippen MR) is 58.5 cm³/mol. The minimum atomic E-state index is -1.19. The summed E-state index contributed by atoms with van der Waals surface area (Å²) in [5.74, 6) is 0. The molecule has 2 nitrogen and oxygen atoms in total. The number of rotatable bonds is 2. The topological polar surface area (TPSA) is 35.2 Å². The number of ether oxygens (including phenoxy) is 1. The minimum absolute atomic E-state index is 0.220. The molecule has 1 aromatic carbocycles. The van der Waals surface area contributed by atoms with Crippen molar-refractivity contribution in [3.8, 4) is 0 Å². The van der Waals surface area contributed by atoms with Crippen LogP contribution >= 0.6 is 0 Å². The molecule has 15 heavy (non-hydrogen) atoms. The van der Waals surface area contributed by atoms with Crippen molar-refractivity contribution >= 4 is 5.69 Å². The van der Waals surface area contributed by atoms with Gasteiger partial charge in [0.15, 0.2) is 0 Å². The van der Waals surface area contributed by atoms with Gasteiger partial charge in [-0.3, -0.25) is 0 Å². The lowest BCUT2D eigenvalue weighted by Crippen LogP contribution is -2.36. The summed E-state index contributed by atoms with van der Waals surface area (Å²) >= 11 is 0. The first-order chi connectivity index (χ1) is 7.18. The zero-order valence-electron chi connectivity index (χ0n) is 8.71. The van der Waals surface area contributed by atoms with Crippen molar-refractivity contribution in [2.24, 2.45) is 0 Å². The van der Waals surface area contributed by atoms with Crippen LogP contribution in [0.2, 0.25) is 0 Å². The Morgan fingerprint density at radius 2 is 2.07 bits per heavy atom. The van der Waals surface area contributed by atoms with Gasteiger partial charge >= 0.3 is 0 Å². The Morgan fingerprint density at radius 3 is 2.67 bits per heavy atom. The maximum atomic E-state index is 14.2. The van der Waals surface area contributed by atoms with Gasteiger partial charge in [-0.1, -0.05) is 12.1 Å². The Kier molecular flexibility index (Phi) is 2.91. The van der Waals surface area contributed by atoms with E-state index in [0.29, 0.717) is 25.1 Å². The number of hydrogen-bond donors (Lipinski definition) is 1. The summed E-state index contributed by atoms with van der Waals surface area (Å²) in [5.41, 5.74) is 6.09. The fourth-order valence-electron chi connectivity index (χ4n) is 1.96. The van der Waals surface area contributed by atoms with E-state index in [4.69, 9.17) is 10.5 Å². The molecule has 0 spiro atoms. The molecule has 1 atom stereocenters. The third-order valence-electron chi connectivity index (χ3n) is 2.77. The predicted octanol–water partition coefficient (Wildman–Crippen LogP) is 2.33.